The maximum Gasteiger partial charge on any atom is 0.410 e. The van der Waals surface area contributed by atoms with Gasteiger partial charge in [0.15, 0.2) is 0 Å². The summed E-state index contributed by atoms with van der Waals surface area (Å²) >= 11 is 0. The highest BCUT2D eigenvalue weighted by atomic mass is 16.6. The molecule has 0 radical (unpaired) electrons. The molecule has 0 unspecified atom stereocenters. The van der Waals surface area contributed by atoms with Crippen LogP contribution in [0.2, 0.25) is 0 Å². The van der Waals surface area contributed by atoms with E-state index in [2.05, 4.69) is 35.9 Å². The van der Waals surface area contributed by atoms with E-state index in [9.17, 15) is 14.9 Å². The zero-order valence-corrected chi connectivity index (χ0v) is 28.6. The van der Waals surface area contributed by atoms with E-state index < -0.39 is 17.1 Å². The molecule has 0 atom stereocenters. The maximum atomic E-state index is 12.7. The number of aromatic nitrogens is 2. The molecule has 47 heavy (non-hydrogen) atoms. The van der Waals surface area contributed by atoms with E-state index in [1.165, 1.54) is 7.11 Å². The van der Waals surface area contributed by atoms with Crippen molar-refractivity contribution in [2.24, 2.45) is 0 Å². The number of likely N-dealkylation sites (tertiary alicyclic amines) is 1. The van der Waals surface area contributed by atoms with Gasteiger partial charge in [-0.2, -0.15) is 5.26 Å². The van der Waals surface area contributed by atoms with Crippen LogP contribution in [-0.2, 0) is 20.8 Å². The number of hydrogen-bond acceptors (Lipinski definition) is 8. The van der Waals surface area contributed by atoms with Gasteiger partial charge in [-0.3, -0.25) is 0 Å². The van der Waals surface area contributed by atoms with Crippen LogP contribution >= 0.6 is 0 Å². The number of fused-ring (bicyclic) bond motifs is 2. The Balaban J connectivity index is 1.54. The van der Waals surface area contributed by atoms with E-state index in [0.29, 0.717) is 49.5 Å². The topological polar surface area (TPSA) is 119 Å². The van der Waals surface area contributed by atoms with Crippen LogP contribution < -0.4 is 10.1 Å². The molecule has 1 N–H and O–H groups in total. The minimum Gasteiger partial charge on any atom is -0.488 e. The monoisotopic (exact) mass is 639 g/mol. The molecule has 1 aromatic heterocycles. The number of nitrogens with one attached hydrogen (secondary N) is 1. The minimum atomic E-state index is -1.04. The van der Waals surface area contributed by atoms with Crippen molar-refractivity contribution in [2.75, 3.05) is 25.5 Å². The first-order chi connectivity index (χ1) is 22.2. The minimum absolute atomic E-state index is 0.122. The number of amides is 1. The number of anilines is 1. The molecule has 0 aliphatic carbocycles. The molecular weight excluding hydrogens is 594 g/mol. The zero-order chi connectivity index (χ0) is 34.1. The molecule has 2 heterocycles. The fourth-order valence-corrected chi connectivity index (χ4v) is 6.05. The van der Waals surface area contributed by atoms with Crippen LogP contribution in [-0.4, -0.2) is 64.0 Å². The Bertz CT molecular complexity index is 1840. The lowest BCUT2D eigenvalue weighted by molar-refractivity contribution is -0.144. The number of benzene rings is 3. The number of imidazole rings is 1. The third-order valence-electron chi connectivity index (χ3n) is 8.39. The van der Waals surface area contributed by atoms with Gasteiger partial charge in [0, 0.05) is 44.5 Å². The summed E-state index contributed by atoms with van der Waals surface area (Å²) in [6.07, 6.45) is 0.784. The number of piperidine rings is 1. The molecule has 4 aromatic rings. The summed E-state index contributed by atoms with van der Waals surface area (Å²) in [6.45, 7) is 14.9. The van der Waals surface area contributed by atoms with Gasteiger partial charge >= 0.3 is 12.1 Å². The number of nitrogens with zero attached hydrogens (tertiary/aromatic N) is 4. The van der Waals surface area contributed by atoms with Gasteiger partial charge in [-0.1, -0.05) is 44.2 Å². The second-order valence-electron chi connectivity index (χ2n) is 14.0. The number of methoxy groups -OCH3 is 1. The molecule has 10 heteroatoms. The zero-order valence-electron chi connectivity index (χ0n) is 28.6. The average molecular weight is 640 g/mol. The smallest absolute Gasteiger partial charge is 0.410 e. The first-order valence-electron chi connectivity index (χ1n) is 16.2. The third kappa shape index (κ3) is 7.30. The summed E-state index contributed by atoms with van der Waals surface area (Å²) in [6, 6.07) is 18.1. The summed E-state index contributed by atoms with van der Waals surface area (Å²) in [5.41, 5.74) is 2.41. The van der Waals surface area contributed by atoms with Gasteiger partial charge in [0.1, 0.15) is 28.8 Å². The van der Waals surface area contributed by atoms with E-state index in [1.54, 1.807) is 18.7 Å². The molecule has 1 saturated heterocycles. The molecule has 5 rings (SSSR count). The summed E-state index contributed by atoms with van der Waals surface area (Å²) < 4.78 is 19.5. The summed E-state index contributed by atoms with van der Waals surface area (Å²) in [4.78, 5) is 32.2. The molecule has 0 spiro atoms. The van der Waals surface area contributed by atoms with Gasteiger partial charge in [0.25, 0.3) is 0 Å². The standard InChI is InChI=1S/C37H45N5O5/c1-23(2)33-39-29-19-30(40-37(6,7)34(43)45-8)32(46-26-15-17-41(18-16-26)35(44)47-36(3,4)5)20-31(29)42(33)22-25-14-13-24(21-38)27-11-9-10-12-28(25)27/h9-14,19-20,23,26,40H,15-18,22H2,1-8H3. The van der Waals surface area contributed by atoms with Crippen molar-refractivity contribution in [3.63, 3.8) is 0 Å². The molecule has 1 amide bonds. The molecule has 1 aliphatic heterocycles. The second kappa shape index (κ2) is 13.1. The van der Waals surface area contributed by atoms with Crippen molar-refractivity contribution in [3.05, 3.63) is 65.5 Å². The largest absolute Gasteiger partial charge is 0.488 e. The molecule has 3 aromatic carbocycles. The Labute approximate surface area is 276 Å². The van der Waals surface area contributed by atoms with Gasteiger partial charge in [-0.25, -0.2) is 14.6 Å². The number of esters is 1. The first kappa shape index (κ1) is 33.6. The Kier molecular flexibility index (Phi) is 9.39. The van der Waals surface area contributed by atoms with E-state index in [0.717, 1.165) is 33.2 Å². The van der Waals surface area contributed by atoms with E-state index in [4.69, 9.17) is 19.2 Å². The van der Waals surface area contributed by atoms with Gasteiger partial charge in [-0.15, -0.1) is 0 Å². The molecule has 248 valence electrons. The number of carbonyl (C=O) groups is 2. The van der Waals surface area contributed by atoms with Crippen LogP contribution in [0, 0.1) is 11.3 Å². The fraction of sp³-hybridized carbons (Fsp3) is 0.459. The Hall–Kier alpha value is -4.78. The highest BCUT2D eigenvalue weighted by Gasteiger charge is 2.32. The number of hydrogen-bond donors (Lipinski definition) is 1. The Morgan fingerprint density at radius 3 is 2.34 bits per heavy atom. The number of ether oxygens (including phenoxy) is 3. The molecule has 0 bridgehead atoms. The average Bonchev–Trinajstić information content (AvgIpc) is 3.37. The maximum absolute atomic E-state index is 12.7. The lowest BCUT2D eigenvalue weighted by atomic mass is 10.00. The summed E-state index contributed by atoms with van der Waals surface area (Å²) in [7, 11) is 1.37. The number of nitriles is 1. The van der Waals surface area contributed by atoms with Crippen molar-refractivity contribution >= 4 is 39.6 Å². The van der Waals surface area contributed by atoms with E-state index >= 15 is 0 Å². The van der Waals surface area contributed by atoms with Crippen LogP contribution in [0.4, 0.5) is 10.5 Å². The van der Waals surface area contributed by atoms with Crippen molar-refractivity contribution in [2.45, 2.75) is 91.0 Å². The summed E-state index contributed by atoms with van der Waals surface area (Å²) in [5, 5.41) is 15.0. The van der Waals surface area contributed by atoms with Gasteiger partial charge in [0.05, 0.1) is 35.5 Å². The highest BCUT2D eigenvalue weighted by molar-refractivity contribution is 5.91. The van der Waals surface area contributed by atoms with Gasteiger partial charge in [0.2, 0.25) is 0 Å². The molecular formula is C37H45N5O5. The van der Waals surface area contributed by atoms with Crippen molar-refractivity contribution in [1.82, 2.24) is 14.5 Å². The number of carbonyl (C=O) groups excluding carboxylic acids is 2. The lowest BCUT2D eigenvalue weighted by Crippen LogP contribution is -2.44. The fourth-order valence-electron chi connectivity index (χ4n) is 6.05. The molecule has 1 fully saturated rings. The van der Waals surface area contributed by atoms with Gasteiger partial charge < -0.3 is 29.0 Å². The van der Waals surface area contributed by atoms with Crippen LogP contribution in [0.25, 0.3) is 21.8 Å². The van der Waals surface area contributed by atoms with Crippen LogP contribution in [0.15, 0.2) is 48.5 Å². The van der Waals surface area contributed by atoms with Crippen molar-refractivity contribution in [3.8, 4) is 11.8 Å². The van der Waals surface area contributed by atoms with Gasteiger partial charge in [-0.05, 0) is 63.1 Å². The number of rotatable bonds is 8. The van der Waals surface area contributed by atoms with Crippen molar-refractivity contribution < 1.29 is 23.8 Å². The Morgan fingerprint density at radius 2 is 1.72 bits per heavy atom. The summed E-state index contributed by atoms with van der Waals surface area (Å²) in [5.74, 6) is 1.22. The predicted molar refractivity (Wildman–Crippen MR) is 183 cm³/mol. The SMILES string of the molecule is COC(=O)C(C)(C)Nc1cc2nc(C(C)C)n(Cc3ccc(C#N)c4ccccc34)c2cc1OC1CCN(C(=O)OC(C)(C)C)CC1. The first-order valence-corrected chi connectivity index (χ1v) is 16.2. The lowest BCUT2D eigenvalue weighted by Gasteiger charge is -2.34. The highest BCUT2D eigenvalue weighted by Crippen LogP contribution is 2.37. The molecule has 10 nitrogen and oxygen atoms in total. The second-order valence-corrected chi connectivity index (χ2v) is 14.0. The third-order valence-corrected chi connectivity index (χ3v) is 8.39. The van der Waals surface area contributed by atoms with Crippen LogP contribution in [0.3, 0.4) is 0 Å². The van der Waals surface area contributed by atoms with Crippen LogP contribution in [0.1, 0.15) is 84.2 Å². The van der Waals surface area contributed by atoms with Crippen molar-refractivity contribution in [1.29, 1.82) is 5.26 Å². The quantitative estimate of drug-likeness (QED) is 0.199. The molecule has 1 aliphatic rings. The Morgan fingerprint density at radius 1 is 1.04 bits per heavy atom. The predicted octanol–water partition coefficient (Wildman–Crippen LogP) is 7.37. The normalized spacial score (nSPS) is 14.3. The molecule has 0 saturated carbocycles. The van der Waals surface area contributed by atoms with E-state index in [-0.39, 0.29) is 18.1 Å². The van der Waals surface area contributed by atoms with E-state index in [1.807, 2.05) is 63.2 Å². The van der Waals surface area contributed by atoms with Crippen LogP contribution in [0.5, 0.6) is 5.75 Å².